The zero-order valence-corrected chi connectivity index (χ0v) is 25.6. The molecule has 0 bridgehead atoms. The number of aromatic carboxylic acids is 1. The average Bonchev–Trinajstić information content (AvgIpc) is 3.22. The number of hydrogen-bond donors (Lipinski definition) is 1. The van der Waals surface area contributed by atoms with E-state index in [4.69, 9.17) is 9.27 Å². The van der Waals surface area contributed by atoms with Gasteiger partial charge in [0.25, 0.3) is 0 Å². The normalized spacial score (nSPS) is 13.1. The summed E-state index contributed by atoms with van der Waals surface area (Å²) in [4.78, 5) is 11.5. The van der Waals surface area contributed by atoms with Crippen molar-refractivity contribution in [1.82, 2.24) is 4.57 Å². The molecule has 1 unspecified atom stereocenters. The molecule has 0 fully saturated rings. The molecule has 8 heteroatoms. The molecule has 0 spiro atoms. The van der Waals surface area contributed by atoms with E-state index in [9.17, 15) is 9.90 Å². The van der Waals surface area contributed by atoms with Gasteiger partial charge in [0, 0.05) is 43.3 Å². The number of para-hydroxylation sites is 1. The molecule has 0 radical (unpaired) electrons. The molecule has 1 heterocycles. The number of aryl methyl sites for hydroxylation is 1. The second-order valence-corrected chi connectivity index (χ2v) is 14.5. The summed E-state index contributed by atoms with van der Waals surface area (Å²) in [6.45, 7) is 9.52. The van der Waals surface area contributed by atoms with Crippen LogP contribution in [0.2, 0.25) is 0 Å². The molecule has 0 saturated carbocycles. The van der Waals surface area contributed by atoms with Crippen molar-refractivity contribution >= 4 is 74.4 Å². The minimum atomic E-state index is -2.76. The van der Waals surface area contributed by atoms with Crippen LogP contribution >= 0.6 is 35.6 Å². The Morgan fingerprint density at radius 2 is 1.56 bits per heavy atom. The third-order valence-corrected chi connectivity index (χ3v) is 11.1. The lowest BCUT2D eigenvalue weighted by atomic mass is 10.1. The van der Waals surface area contributed by atoms with Gasteiger partial charge in [-0.15, -0.1) is 12.4 Å². The van der Waals surface area contributed by atoms with Crippen LogP contribution in [0.1, 0.15) is 38.1 Å². The maximum atomic E-state index is 11.5. The van der Waals surface area contributed by atoms with Crippen LogP contribution < -0.4 is 9.83 Å². The van der Waals surface area contributed by atoms with Crippen LogP contribution in [-0.4, -0.2) is 20.8 Å². The molecule has 4 aromatic carbocycles. The first-order valence-corrected chi connectivity index (χ1v) is 15.0. The van der Waals surface area contributed by atoms with E-state index in [1.807, 2.05) is 24.3 Å². The Balaban J connectivity index is 0.00000353. The van der Waals surface area contributed by atoms with Gasteiger partial charge in [-0.25, -0.2) is 9.54 Å². The second-order valence-electron chi connectivity index (χ2n) is 10.2. The lowest BCUT2D eigenvalue weighted by Crippen LogP contribution is -2.27. The van der Waals surface area contributed by atoms with Gasteiger partial charge >= 0.3 is 5.97 Å². The van der Waals surface area contributed by atoms with Gasteiger partial charge in [-0.3, -0.25) is 0 Å². The Kier molecular flexibility index (Phi) is 8.32. The van der Waals surface area contributed by atoms with E-state index >= 15 is 0 Å². The van der Waals surface area contributed by atoms with E-state index in [-0.39, 0.29) is 23.1 Å². The first-order chi connectivity index (χ1) is 18.1. The number of benzene rings is 4. The Hall–Kier alpha value is -3.05. The highest BCUT2D eigenvalue weighted by molar-refractivity contribution is 9.10. The SMILES string of the molecule is CCn1c2ccccc2c2cc(P(=Nc3ccc(C(=O)O)cc3)(Oc3ccc(Br)cc3)C(C)(C)C)ccc21.Cl. The Morgan fingerprint density at radius 3 is 2.18 bits per heavy atom. The predicted octanol–water partition coefficient (Wildman–Crippen LogP) is 9.65. The van der Waals surface area contributed by atoms with Crippen molar-refractivity contribution in [2.75, 3.05) is 0 Å². The van der Waals surface area contributed by atoms with E-state index < -0.39 is 13.3 Å². The molecule has 0 amide bonds. The fourth-order valence-electron chi connectivity index (χ4n) is 4.86. The van der Waals surface area contributed by atoms with Crippen molar-refractivity contribution in [3.8, 4) is 5.75 Å². The largest absolute Gasteiger partial charge is 0.478 e. The first-order valence-electron chi connectivity index (χ1n) is 12.6. The molecule has 39 heavy (non-hydrogen) atoms. The van der Waals surface area contributed by atoms with Crippen LogP contribution in [0.25, 0.3) is 21.8 Å². The van der Waals surface area contributed by atoms with Crippen LogP contribution in [0.3, 0.4) is 0 Å². The highest BCUT2D eigenvalue weighted by atomic mass is 79.9. The molecule has 202 valence electrons. The van der Waals surface area contributed by atoms with Crippen LogP contribution in [0, 0.1) is 0 Å². The monoisotopic (exact) mass is 624 g/mol. The summed E-state index contributed by atoms with van der Waals surface area (Å²) in [6.07, 6.45) is 0. The van der Waals surface area contributed by atoms with Gasteiger partial charge in [-0.05, 0) is 79.7 Å². The van der Waals surface area contributed by atoms with Crippen molar-refractivity contribution in [2.45, 2.75) is 39.4 Å². The molecular weight excluding hydrogens is 595 g/mol. The summed E-state index contributed by atoms with van der Waals surface area (Å²) >= 11 is 3.52. The van der Waals surface area contributed by atoms with E-state index in [2.05, 4.69) is 90.7 Å². The van der Waals surface area contributed by atoms with Gasteiger partial charge < -0.3 is 14.2 Å². The fourth-order valence-corrected chi connectivity index (χ4v) is 8.20. The number of rotatable bonds is 6. The summed E-state index contributed by atoms with van der Waals surface area (Å²) in [7, 11) is -2.76. The van der Waals surface area contributed by atoms with Crippen molar-refractivity contribution < 1.29 is 14.4 Å². The molecule has 5 rings (SSSR count). The van der Waals surface area contributed by atoms with Crippen molar-refractivity contribution in [3.63, 3.8) is 0 Å². The topological polar surface area (TPSA) is 63.8 Å². The van der Waals surface area contributed by atoms with Gasteiger partial charge in [0.2, 0.25) is 0 Å². The quantitative estimate of drug-likeness (QED) is 0.191. The molecule has 0 aliphatic carbocycles. The molecule has 5 nitrogen and oxygen atoms in total. The average molecular weight is 626 g/mol. The van der Waals surface area contributed by atoms with E-state index in [1.54, 1.807) is 24.3 Å². The number of carbonyl (C=O) groups is 1. The number of aromatic nitrogens is 1. The second kappa shape index (κ2) is 11.2. The smallest absolute Gasteiger partial charge is 0.335 e. The van der Waals surface area contributed by atoms with Gasteiger partial charge in [0.15, 0.2) is 7.28 Å². The van der Waals surface area contributed by atoms with Gasteiger partial charge in [0.05, 0.1) is 11.3 Å². The number of halogens is 2. The zero-order valence-electron chi connectivity index (χ0n) is 22.3. The highest BCUT2D eigenvalue weighted by Gasteiger charge is 2.39. The van der Waals surface area contributed by atoms with Crippen molar-refractivity contribution in [2.24, 2.45) is 4.74 Å². The van der Waals surface area contributed by atoms with Crippen molar-refractivity contribution in [3.05, 3.63) is 101 Å². The van der Waals surface area contributed by atoms with E-state index in [1.165, 1.54) is 21.8 Å². The standard InChI is InChI=1S/C31H30BrN2O3P.ClH/c1-5-34-28-9-7-6-8-26(28)27-20-25(18-19-29(27)34)38(31(2,3)4,37-24-16-12-22(32)13-17-24)33-23-14-10-21(11-15-23)30(35)36;/h6-20H,5H2,1-4H3,(H,35,36);1H. The van der Waals surface area contributed by atoms with Crippen LogP contribution in [0.15, 0.2) is 100 Å². The number of carboxylic acid groups (broad SMARTS) is 1. The predicted molar refractivity (Wildman–Crippen MR) is 169 cm³/mol. The van der Waals surface area contributed by atoms with Crippen LogP contribution in [-0.2, 0) is 6.54 Å². The maximum absolute atomic E-state index is 11.5. The molecule has 0 aliphatic heterocycles. The maximum Gasteiger partial charge on any atom is 0.335 e. The summed E-state index contributed by atoms with van der Waals surface area (Å²) < 4.78 is 15.6. The van der Waals surface area contributed by atoms with E-state index in [0.29, 0.717) is 5.69 Å². The first kappa shape index (κ1) is 28.9. The third-order valence-electron chi connectivity index (χ3n) is 6.75. The molecule has 0 aliphatic rings. The Bertz CT molecular complexity index is 1710. The summed E-state index contributed by atoms with van der Waals surface area (Å²) in [5, 5.41) is 12.4. The van der Waals surface area contributed by atoms with Gasteiger partial charge in [-0.2, -0.15) is 0 Å². The minimum Gasteiger partial charge on any atom is -0.478 e. The highest BCUT2D eigenvalue weighted by Crippen LogP contribution is 2.62. The molecule has 1 atom stereocenters. The number of fused-ring (bicyclic) bond motifs is 3. The van der Waals surface area contributed by atoms with Crippen molar-refractivity contribution in [1.29, 1.82) is 0 Å². The molecule has 1 N–H and O–H groups in total. The fraction of sp³-hybridized carbons (Fsp3) is 0.194. The Morgan fingerprint density at radius 1 is 0.923 bits per heavy atom. The van der Waals surface area contributed by atoms with Crippen LogP contribution in [0.5, 0.6) is 5.75 Å². The number of hydrogen-bond acceptors (Lipinski definition) is 3. The number of nitrogens with zero attached hydrogens (tertiary/aromatic N) is 2. The lowest BCUT2D eigenvalue weighted by Gasteiger charge is -2.37. The minimum absolute atomic E-state index is 0. The molecular formula is C31H31BrClN2O3P. The zero-order chi connectivity index (χ0) is 27.1. The van der Waals surface area contributed by atoms with Gasteiger partial charge in [0.1, 0.15) is 5.75 Å². The van der Waals surface area contributed by atoms with Gasteiger partial charge in [-0.1, -0.05) is 54.9 Å². The summed E-state index contributed by atoms with van der Waals surface area (Å²) in [5.41, 5.74) is 3.30. The molecule has 1 aromatic heterocycles. The summed E-state index contributed by atoms with van der Waals surface area (Å²) in [6, 6.07) is 29.6. The Labute approximate surface area is 243 Å². The molecule has 0 saturated heterocycles. The van der Waals surface area contributed by atoms with E-state index in [0.717, 1.165) is 22.1 Å². The molecule has 5 aromatic rings. The lowest BCUT2D eigenvalue weighted by molar-refractivity contribution is 0.0697. The number of carboxylic acids is 1. The van der Waals surface area contributed by atoms with Crippen LogP contribution in [0.4, 0.5) is 5.69 Å². The summed E-state index contributed by atoms with van der Waals surface area (Å²) in [5.74, 6) is -0.226. The third kappa shape index (κ3) is 5.38.